The first kappa shape index (κ1) is 19.6. The standard InChI is InChI=1S/C21H28N2O3/c1-14(2)26-19-9-7-6-8-18(19)23-21(24)22-12-13-25-20-16(4)11-10-15(3)17(20)5/h6-11,14H,12-13H2,1-5H3,(H2,22,23,24). The summed E-state index contributed by atoms with van der Waals surface area (Å²) in [6, 6.07) is 11.2. The maximum Gasteiger partial charge on any atom is 0.319 e. The first-order valence-corrected chi connectivity index (χ1v) is 8.88. The summed E-state index contributed by atoms with van der Waals surface area (Å²) in [4.78, 5) is 12.1. The van der Waals surface area contributed by atoms with Crippen molar-refractivity contribution >= 4 is 11.7 Å². The molecule has 0 aliphatic heterocycles. The van der Waals surface area contributed by atoms with Gasteiger partial charge < -0.3 is 20.1 Å². The van der Waals surface area contributed by atoms with E-state index in [2.05, 4.69) is 23.6 Å². The van der Waals surface area contributed by atoms with Gasteiger partial charge in [0.25, 0.3) is 0 Å². The van der Waals surface area contributed by atoms with Crippen LogP contribution in [-0.2, 0) is 0 Å². The molecule has 0 aromatic heterocycles. The monoisotopic (exact) mass is 356 g/mol. The predicted molar refractivity (Wildman–Crippen MR) is 105 cm³/mol. The van der Waals surface area contributed by atoms with E-state index in [0.717, 1.165) is 16.9 Å². The van der Waals surface area contributed by atoms with E-state index in [1.165, 1.54) is 5.56 Å². The van der Waals surface area contributed by atoms with Crippen LogP contribution in [0.4, 0.5) is 10.5 Å². The Kier molecular flexibility index (Phi) is 6.89. The van der Waals surface area contributed by atoms with Crippen molar-refractivity contribution in [2.45, 2.75) is 40.7 Å². The maximum atomic E-state index is 12.1. The van der Waals surface area contributed by atoms with Crippen LogP contribution in [0.5, 0.6) is 11.5 Å². The van der Waals surface area contributed by atoms with Gasteiger partial charge in [0.1, 0.15) is 18.1 Å². The molecule has 5 nitrogen and oxygen atoms in total. The van der Waals surface area contributed by atoms with Crippen LogP contribution in [0.25, 0.3) is 0 Å². The summed E-state index contributed by atoms with van der Waals surface area (Å²) in [5, 5.41) is 5.62. The first-order chi connectivity index (χ1) is 12.4. The van der Waals surface area contributed by atoms with E-state index in [9.17, 15) is 4.79 Å². The largest absolute Gasteiger partial charge is 0.491 e. The van der Waals surface area contributed by atoms with Crippen LogP contribution in [0, 0.1) is 20.8 Å². The van der Waals surface area contributed by atoms with Gasteiger partial charge >= 0.3 is 6.03 Å². The topological polar surface area (TPSA) is 59.6 Å². The first-order valence-electron chi connectivity index (χ1n) is 8.88. The molecule has 5 heteroatoms. The molecular formula is C21H28N2O3. The van der Waals surface area contributed by atoms with Gasteiger partial charge in [-0.3, -0.25) is 0 Å². The number of nitrogens with one attached hydrogen (secondary N) is 2. The van der Waals surface area contributed by atoms with Gasteiger partial charge in [-0.1, -0.05) is 24.3 Å². The molecule has 2 aromatic carbocycles. The van der Waals surface area contributed by atoms with Gasteiger partial charge in [-0.05, 0) is 63.4 Å². The van der Waals surface area contributed by atoms with Gasteiger partial charge in [0.2, 0.25) is 0 Å². The van der Waals surface area contributed by atoms with Crippen molar-refractivity contribution in [3.63, 3.8) is 0 Å². The average molecular weight is 356 g/mol. The molecule has 2 aromatic rings. The van der Waals surface area contributed by atoms with Crippen molar-refractivity contribution in [2.24, 2.45) is 0 Å². The summed E-state index contributed by atoms with van der Waals surface area (Å²) in [6.45, 7) is 10.8. The summed E-state index contributed by atoms with van der Waals surface area (Å²) in [7, 11) is 0. The van der Waals surface area contributed by atoms with Gasteiger partial charge in [-0.15, -0.1) is 0 Å². The Labute approximate surface area is 155 Å². The van der Waals surface area contributed by atoms with Gasteiger partial charge in [0.15, 0.2) is 0 Å². The molecule has 26 heavy (non-hydrogen) atoms. The number of para-hydroxylation sites is 2. The average Bonchev–Trinajstić information content (AvgIpc) is 2.59. The number of anilines is 1. The summed E-state index contributed by atoms with van der Waals surface area (Å²) in [6.07, 6.45) is 0.0372. The zero-order valence-electron chi connectivity index (χ0n) is 16.2. The van der Waals surface area contributed by atoms with Gasteiger partial charge in [0.05, 0.1) is 18.3 Å². The molecule has 0 heterocycles. The lowest BCUT2D eigenvalue weighted by atomic mass is 10.1. The van der Waals surface area contributed by atoms with E-state index in [-0.39, 0.29) is 12.1 Å². The summed E-state index contributed by atoms with van der Waals surface area (Å²) in [5.74, 6) is 1.54. The fraction of sp³-hybridized carbons (Fsp3) is 0.381. The molecule has 0 fully saturated rings. The van der Waals surface area contributed by atoms with E-state index in [4.69, 9.17) is 9.47 Å². The number of hydrogen-bond acceptors (Lipinski definition) is 3. The molecule has 2 N–H and O–H groups in total. The number of carbonyl (C=O) groups is 1. The van der Waals surface area contributed by atoms with Crippen LogP contribution in [-0.4, -0.2) is 25.3 Å². The van der Waals surface area contributed by atoms with E-state index < -0.39 is 0 Å². The highest BCUT2D eigenvalue weighted by molar-refractivity contribution is 5.90. The minimum Gasteiger partial charge on any atom is -0.491 e. The highest BCUT2D eigenvalue weighted by atomic mass is 16.5. The fourth-order valence-electron chi connectivity index (χ4n) is 2.56. The van der Waals surface area contributed by atoms with E-state index in [1.807, 2.05) is 58.0 Å². The second-order valence-corrected chi connectivity index (χ2v) is 6.55. The summed E-state index contributed by atoms with van der Waals surface area (Å²) in [5.41, 5.74) is 4.06. The number of rotatable bonds is 7. The van der Waals surface area contributed by atoms with E-state index in [0.29, 0.717) is 24.6 Å². The molecule has 0 spiro atoms. The zero-order chi connectivity index (χ0) is 19.1. The Hall–Kier alpha value is -2.69. The highest BCUT2D eigenvalue weighted by Crippen LogP contribution is 2.26. The molecule has 0 aliphatic carbocycles. The summed E-state index contributed by atoms with van der Waals surface area (Å²) < 4.78 is 11.6. The molecule has 2 amide bonds. The second kappa shape index (κ2) is 9.13. The van der Waals surface area contributed by atoms with Crippen molar-refractivity contribution < 1.29 is 14.3 Å². The smallest absolute Gasteiger partial charge is 0.319 e. The number of ether oxygens (including phenoxy) is 2. The van der Waals surface area contributed by atoms with Crippen LogP contribution in [0.15, 0.2) is 36.4 Å². The van der Waals surface area contributed by atoms with Crippen molar-refractivity contribution in [3.8, 4) is 11.5 Å². The van der Waals surface area contributed by atoms with E-state index >= 15 is 0 Å². The van der Waals surface area contributed by atoms with Crippen LogP contribution in [0.2, 0.25) is 0 Å². The molecule has 0 atom stereocenters. The number of aryl methyl sites for hydroxylation is 2. The van der Waals surface area contributed by atoms with Crippen molar-refractivity contribution in [1.29, 1.82) is 0 Å². The molecule has 0 saturated heterocycles. The van der Waals surface area contributed by atoms with Crippen molar-refractivity contribution in [3.05, 3.63) is 53.1 Å². The van der Waals surface area contributed by atoms with Gasteiger partial charge in [-0.2, -0.15) is 0 Å². The van der Waals surface area contributed by atoms with Crippen LogP contribution >= 0.6 is 0 Å². The number of amides is 2. The molecule has 2 rings (SSSR count). The predicted octanol–water partition coefficient (Wildman–Crippen LogP) is 4.60. The second-order valence-electron chi connectivity index (χ2n) is 6.55. The van der Waals surface area contributed by atoms with Crippen molar-refractivity contribution in [1.82, 2.24) is 5.32 Å². The number of benzene rings is 2. The van der Waals surface area contributed by atoms with E-state index in [1.54, 1.807) is 0 Å². The van der Waals surface area contributed by atoms with Gasteiger partial charge in [0, 0.05) is 0 Å². The lowest BCUT2D eigenvalue weighted by Crippen LogP contribution is -2.32. The number of urea groups is 1. The Morgan fingerprint density at radius 1 is 1.04 bits per heavy atom. The summed E-state index contributed by atoms with van der Waals surface area (Å²) >= 11 is 0. The highest BCUT2D eigenvalue weighted by Gasteiger charge is 2.09. The van der Waals surface area contributed by atoms with Crippen LogP contribution in [0.3, 0.4) is 0 Å². The van der Waals surface area contributed by atoms with Crippen molar-refractivity contribution in [2.75, 3.05) is 18.5 Å². The Morgan fingerprint density at radius 2 is 1.73 bits per heavy atom. The zero-order valence-corrected chi connectivity index (χ0v) is 16.2. The van der Waals surface area contributed by atoms with Crippen LogP contribution < -0.4 is 20.1 Å². The number of carbonyl (C=O) groups excluding carboxylic acids is 1. The molecule has 140 valence electrons. The maximum absolute atomic E-state index is 12.1. The quantitative estimate of drug-likeness (QED) is 0.713. The molecule has 0 radical (unpaired) electrons. The Morgan fingerprint density at radius 3 is 2.46 bits per heavy atom. The lowest BCUT2D eigenvalue weighted by Gasteiger charge is -2.16. The SMILES string of the molecule is Cc1ccc(C)c(OCCNC(=O)Nc2ccccc2OC(C)C)c1C. The molecular weight excluding hydrogens is 328 g/mol. The minimum absolute atomic E-state index is 0.0372. The molecule has 0 aliphatic rings. The van der Waals surface area contributed by atoms with Gasteiger partial charge in [-0.25, -0.2) is 4.79 Å². The minimum atomic E-state index is -0.286. The third-order valence-corrected chi connectivity index (χ3v) is 4.01. The third kappa shape index (κ3) is 5.41. The molecule has 0 bridgehead atoms. The third-order valence-electron chi connectivity index (χ3n) is 4.01. The fourth-order valence-corrected chi connectivity index (χ4v) is 2.56. The molecule has 0 unspecified atom stereocenters. The Bertz CT molecular complexity index is 757. The lowest BCUT2D eigenvalue weighted by molar-refractivity contribution is 0.240. The Balaban J connectivity index is 1.84. The normalized spacial score (nSPS) is 10.5. The molecule has 0 saturated carbocycles. The van der Waals surface area contributed by atoms with Crippen LogP contribution in [0.1, 0.15) is 30.5 Å². The number of hydrogen-bond donors (Lipinski definition) is 2.